The third-order valence-electron chi connectivity index (χ3n) is 7.22. The molecule has 0 bridgehead atoms. The molecule has 2 saturated carbocycles. The predicted molar refractivity (Wildman–Crippen MR) is 123 cm³/mol. The Labute approximate surface area is 188 Å². The van der Waals surface area contributed by atoms with E-state index >= 15 is 0 Å². The number of aromatic nitrogens is 4. The van der Waals surface area contributed by atoms with Crippen LogP contribution in [0.15, 0.2) is 18.6 Å². The second kappa shape index (κ2) is 8.30. The van der Waals surface area contributed by atoms with Crippen LogP contribution in [0, 0.1) is 16.7 Å². The van der Waals surface area contributed by atoms with Crippen LogP contribution < -0.4 is 10.6 Å². The van der Waals surface area contributed by atoms with Gasteiger partial charge in [0.05, 0.1) is 23.9 Å². The Morgan fingerprint density at radius 1 is 1.13 bits per heavy atom. The molecule has 31 heavy (non-hydrogen) atoms. The van der Waals surface area contributed by atoms with Crippen molar-refractivity contribution < 1.29 is 0 Å². The number of anilines is 3. The van der Waals surface area contributed by atoms with Crippen molar-refractivity contribution in [3.8, 4) is 0 Å². The number of rotatable bonds is 5. The molecule has 166 valence electrons. The number of nitrogens with zero attached hydrogens (tertiary/aromatic N) is 5. The lowest BCUT2D eigenvalue weighted by atomic mass is 9.67. The molecule has 1 saturated heterocycles. The maximum Gasteiger partial charge on any atom is 0.229 e. The van der Waals surface area contributed by atoms with E-state index in [1.54, 1.807) is 17.1 Å². The van der Waals surface area contributed by atoms with E-state index < -0.39 is 0 Å². The summed E-state index contributed by atoms with van der Waals surface area (Å²) in [7, 11) is 1.87. The van der Waals surface area contributed by atoms with Crippen molar-refractivity contribution in [2.45, 2.75) is 57.4 Å². The average molecular weight is 443 g/mol. The first kappa shape index (κ1) is 20.5. The van der Waals surface area contributed by atoms with Crippen LogP contribution in [0.4, 0.5) is 17.5 Å². The van der Waals surface area contributed by atoms with Crippen LogP contribution in [-0.2, 0) is 7.05 Å². The quantitative estimate of drug-likeness (QED) is 0.468. The molecule has 0 amide bonds. The van der Waals surface area contributed by atoms with Crippen molar-refractivity contribution >= 4 is 34.9 Å². The summed E-state index contributed by atoms with van der Waals surface area (Å²) in [5.41, 5.74) is 1.30. The van der Waals surface area contributed by atoms with E-state index in [-0.39, 0.29) is 0 Å². The Balaban J connectivity index is 1.15. The van der Waals surface area contributed by atoms with Crippen LogP contribution in [0.25, 0.3) is 0 Å². The largest absolute Gasteiger partial charge is 0.366 e. The molecule has 3 heterocycles. The molecule has 1 spiro atoms. The molecule has 0 aromatic carbocycles. The smallest absolute Gasteiger partial charge is 0.229 e. The average Bonchev–Trinajstić information content (AvgIpc) is 3.55. The van der Waals surface area contributed by atoms with Gasteiger partial charge in [0, 0.05) is 38.3 Å². The van der Waals surface area contributed by atoms with Gasteiger partial charge in [-0.25, -0.2) is 4.98 Å². The molecule has 5 rings (SSSR count). The normalized spacial score (nSPS) is 21.3. The molecule has 2 aromatic heterocycles. The first-order valence-electron chi connectivity index (χ1n) is 11.4. The van der Waals surface area contributed by atoms with Crippen LogP contribution in [0.1, 0.15) is 51.4 Å². The Bertz CT molecular complexity index is 935. The Hall–Kier alpha value is -2.35. The number of halogens is 1. The number of aryl methyl sites for hydroxylation is 1. The van der Waals surface area contributed by atoms with E-state index in [1.807, 2.05) is 13.2 Å². The summed E-state index contributed by atoms with van der Waals surface area (Å²) in [5.74, 6) is 2.66. The summed E-state index contributed by atoms with van der Waals surface area (Å²) in [5, 5.41) is 19.8. The summed E-state index contributed by atoms with van der Waals surface area (Å²) in [6, 6.07) is 0.382. The third kappa shape index (κ3) is 4.63. The molecule has 0 radical (unpaired) electrons. The zero-order chi connectivity index (χ0) is 21.4. The SMILES string of the molecule is Cn1cc(Nc2ncc(Cl)c(NC3CCC4(CC3)CCN(C(=N)C3CC3)CC4)n2)cn1. The first-order chi connectivity index (χ1) is 15.0. The van der Waals surface area contributed by atoms with Crippen molar-refractivity contribution in [2.24, 2.45) is 18.4 Å². The highest BCUT2D eigenvalue weighted by atomic mass is 35.5. The minimum atomic E-state index is 0.382. The maximum absolute atomic E-state index is 8.35. The zero-order valence-corrected chi connectivity index (χ0v) is 18.8. The van der Waals surface area contributed by atoms with Crippen molar-refractivity contribution in [2.75, 3.05) is 23.7 Å². The predicted octanol–water partition coefficient (Wildman–Crippen LogP) is 4.43. The number of hydrogen-bond donors (Lipinski definition) is 3. The monoisotopic (exact) mass is 442 g/mol. The second-order valence-electron chi connectivity index (χ2n) is 9.48. The number of amidine groups is 1. The van der Waals surface area contributed by atoms with Gasteiger partial charge in [-0.05, 0) is 56.8 Å². The minimum absolute atomic E-state index is 0.382. The molecule has 3 N–H and O–H groups in total. The van der Waals surface area contributed by atoms with Gasteiger partial charge in [0.1, 0.15) is 5.02 Å². The van der Waals surface area contributed by atoms with E-state index in [4.69, 9.17) is 17.0 Å². The first-order valence-corrected chi connectivity index (χ1v) is 11.8. The molecule has 8 nitrogen and oxygen atoms in total. The van der Waals surface area contributed by atoms with Crippen LogP contribution in [-0.4, -0.2) is 49.6 Å². The molecule has 2 aliphatic carbocycles. The molecule has 0 unspecified atom stereocenters. The molecule has 0 atom stereocenters. The fourth-order valence-corrected chi connectivity index (χ4v) is 5.19. The number of nitrogens with one attached hydrogen (secondary N) is 3. The standard InChI is InChI=1S/C22H31ClN8/c1-30-14-17(12-26-30)28-21-25-13-18(23)20(29-21)27-16-4-6-22(7-5-16)8-10-31(11-9-22)19(24)15-2-3-15/h12-16,24H,2-11H2,1H3,(H2,25,27,28,29). The van der Waals surface area contributed by atoms with Gasteiger partial charge >= 0.3 is 0 Å². The van der Waals surface area contributed by atoms with E-state index in [0.29, 0.717) is 34.2 Å². The molecular weight excluding hydrogens is 412 g/mol. The fourth-order valence-electron chi connectivity index (χ4n) is 5.05. The Kier molecular flexibility index (Phi) is 5.50. The van der Waals surface area contributed by atoms with Crippen LogP contribution >= 0.6 is 11.6 Å². The highest BCUT2D eigenvalue weighted by molar-refractivity contribution is 6.32. The molecule has 1 aliphatic heterocycles. The molecule has 3 fully saturated rings. The van der Waals surface area contributed by atoms with E-state index in [2.05, 4.69) is 30.6 Å². The molecule has 2 aromatic rings. The van der Waals surface area contributed by atoms with Gasteiger partial charge in [-0.2, -0.15) is 10.1 Å². The van der Waals surface area contributed by atoms with Gasteiger partial charge in [0.25, 0.3) is 0 Å². The highest BCUT2D eigenvalue weighted by Gasteiger charge is 2.40. The van der Waals surface area contributed by atoms with Crippen LogP contribution in [0.3, 0.4) is 0 Å². The van der Waals surface area contributed by atoms with Crippen LogP contribution in [0.2, 0.25) is 5.02 Å². The van der Waals surface area contributed by atoms with Crippen molar-refractivity contribution in [1.82, 2.24) is 24.6 Å². The molecule has 9 heteroatoms. The number of hydrogen-bond acceptors (Lipinski definition) is 6. The summed E-state index contributed by atoms with van der Waals surface area (Å²) in [6.07, 6.45) is 14.9. The Morgan fingerprint density at radius 2 is 1.87 bits per heavy atom. The maximum atomic E-state index is 8.35. The van der Waals surface area contributed by atoms with Crippen molar-refractivity contribution in [3.63, 3.8) is 0 Å². The number of likely N-dealkylation sites (tertiary alicyclic amines) is 1. The second-order valence-corrected chi connectivity index (χ2v) is 9.89. The van der Waals surface area contributed by atoms with E-state index in [1.165, 1.54) is 38.5 Å². The Morgan fingerprint density at radius 3 is 2.52 bits per heavy atom. The van der Waals surface area contributed by atoms with Crippen molar-refractivity contribution in [1.29, 1.82) is 5.41 Å². The highest BCUT2D eigenvalue weighted by Crippen LogP contribution is 2.46. The van der Waals surface area contributed by atoms with E-state index in [0.717, 1.165) is 37.5 Å². The number of piperidine rings is 1. The molecule has 3 aliphatic rings. The minimum Gasteiger partial charge on any atom is -0.366 e. The lowest BCUT2D eigenvalue weighted by Gasteiger charge is -2.46. The van der Waals surface area contributed by atoms with Gasteiger partial charge < -0.3 is 15.5 Å². The molecular formula is C22H31ClN8. The van der Waals surface area contributed by atoms with Gasteiger partial charge in [0.15, 0.2) is 5.82 Å². The lowest BCUT2D eigenvalue weighted by Crippen LogP contribution is -2.45. The zero-order valence-electron chi connectivity index (χ0n) is 18.1. The summed E-state index contributed by atoms with van der Waals surface area (Å²) in [6.45, 7) is 2.13. The summed E-state index contributed by atoms with van der Waals surface area (Å²) >= 11 is 6.38. The van der Waals surface area contributed by atoms with Gasteiger partial charge in [-0.1, -0.05) is 11.6 Å². The third-order valence-corrected chi connectivity index (χ3v) is 7.50. The topological polar surface area (TPSA) is 94.8 Å². The fraction of sp³-hybridized carbons (Fsp3) is 0.636. The van der Waals surface area contributed by atoms with Crippen molar-refractivity contribution in [3.05, 3.63) is 23.6 Å². The lowest BCUT2D eigenvalue weighted by molar-refractivity contribution is 0.0920. The van der Waals surface area contributed by atoms with Gasteiger partial charge in [-0.15, -0.1) is 0 Å². The summed E-state index contributed by atoms with van der Waals surface area (Å²) in [4.78, 5) is 11.2. The van der Waals surface area contributed by atoms with Gasteiger partial charge in [0.2, 0.25) is 5.95 Å². The summed E-state index contributed by atoms with van der Waals surface area (Å²) < 4.78 is 1.73. The van der Waals surface area contributed by atoms with Crippen LogP contribution in [0.5, 0.6) is 0 Å². The van der Waals surface area contributed by atoms with E-state index in [9.17, 15) is 0 Å². The van der Waals surface area contributed by atoms with Gasteiger partial charge in [-0.3, -0.25) is 10.1 Å².